The maximum Gasteiger partial charge on any atom is 0.150 e. The normalized spacial score (nSPS) is 11.2. The molecule has 0 saturated heterocycles. The molecule has 0 unspecified atom stereocenters. The maximum absolute atomic E-state index is 11.2. The summed E-state index contributed by atoms with van der Waals surface area (Å²) in [5.41, 5.74) is 3.43. The fraction of sp³-hybridized carbons (Fsp3) is 0.200. The van der Waals surface area contributed by atoms with E-state index in [1.54, 1.807) is 12.7 Å². The van der Waals surface area contributed by atoms with Gasteiger partial charge in [-0.2, -0.15) is 5.10 Å². The van der Waals surface area contributed by atoms with Crippen LogP contribution in [-0.2, 0) is 13.1 Å². The van der Waals surface area contributed by atoms with Gasteiger partial charge in [0.25, 0.3) is 0 Å². The Morgan fingerprint density at radius 3 is 2.00 bits per heavy atom. The molecule has 0 spiro atoms. The van der Waals surface area contributed by atoms with Crippen molar-refractivity contribution in [2.24, 2.45) is 0 Å². The molecule has 6 nitrogen and oxygen atoms in total. The number of aldehydes is 2. The highest BCUT2D eigenvalue weighted by atomic mass is 16.1. The molecule has 130 valence electrons. The zero-order valence-corrected chi connectivity index (χ0v) is 14.2. The van der Waals surface area contributed by atoms with E-state index in [0.717, 1.165) is 60.3 Å². The molecule has 2 heterocycles. The molecule has 0 fully saturated rings. The first-order valence-electron chi connectivity index (χ1n) is 8.59. The van der Waals surface area contributed by atoms with E-state index in [0.29, 0.717) is 11.1 Å². The lowest BCUT2D eigenvalue weighted by Gasteiger charge is -2.08. The summed E-state index contributed by atoms with van der Waals surface area (Å²) in [6.07, 6.45) is 6.95. The van der Waals surface area contributed by atoms with Gasteiger partial charge in [-0.25, -0.2) is 4.98 Å². The second kappa shape index (κ2) is 6.92. The number of benzene rings is 2. The van der Waals surface area contributed by atoms with Crippen molar-refractivity contribution < 1.29 is 9.59 Å². The van der Waals surface area contributed by atoms with Crippen LogP contribution < -0.4 is 0 Å². The smallest absolute Gasteiger partial charge is 0.150 e. The molecule has 4 rings (SSSR count). The number of carbonyl (C=O) groups is 2. The fourth-order valence-corrected chi connectivity index (χ4v) is 3.42. The lowest BCUT2D eigenvalue weighted by molar-refractivity contribution is 0.111. The highest BCUT2D eigenvalue weighted by Crippen LogP contribution is 2.30. The molecule has 0 N–H and O–H groups in total. The molecule has 0 radical (unpaired) electrons. The van der Waals surface area contributed by atoms with Crippen LogP contribution in [0.4, 0.5) is 0 Å². The number of rotatable bonds is 7. The molecular weight excluding hydrogens is 328 g/mol. The molecule has 0 aliphatic carbocycles. The lowest BCUT2D eigenvalue weighted by Crippen LogP contribution is -2.02. The minimum absolute atomic E-state index is 0.638. The Balaban J connectivity index is 1.69. The highest BCUT2D eigenvalue weighted by molar-refractivity contribution is 6.10. The zero-order chi connectivity index (χ0) is 17.9. The van der Waals surface area contributed by atoms with Crippen molar-refractivity contribution in [2.75, 3.05) is 0 Å². The van der Waals surface area contributed by atoms with Gasteiger partial charge < -0.3 is 4.57 Å². The average Bonchev–Trinajstić information content (AvgIpc) is 3.30. The average molecular weight is 346 g/mol. The molecule has 0 bridgehead atoms. The quantitative estimate of drug-likeness (QED) is 0.379. The van der Waals surface area contributed by atoms with Crippen LogP contribution in [0.3, 0.4) is 0 Å². The van der Waals surface area contributed by atoms with Crippen LogP contribution >= 0.6 is 0 Å². The Morgan fingerprint density at radius 2 is 1.46 bits per heavy atom. The molecule has 0 atom stereocenters. The van der Waals surface area contributed by atoms with Gasteiger partial charge in [0.05, 0.1) is 0 Å². The van der Waals surface area contributed by atoms with E-state index < -0.39 is 0 Å². The second-order valence-corrected chi connectivity index (χ2v) is 6.31. The number of carbonyl (C=O) groups excluding carboxylic acids is 2. The number of fused-ring (bicyclic) bond motifs is 3. The van der Waals surface area contributed by atoms with Crippen molar-refractivity contribution in [2.45, 2.75) is 25.9 Å². The van der Waals surface area contributed by atoms with Crippen molar-refractivity contribution >= 4 is 34.4 Å². The van der Waals surface area contributed by atoms with E-state index in [-0.39, 0.29) is 0 Å². The molecule has 0 amide bonds. The van der Waals surface area contributed by atoms with Crippen LogP contribution in [0.1, 0.15) is 33.6 Å². The molecule has 4 aromatic rings. The van der Waals surface area contributed by atoms with Crippen LogP contribution in [0.25, 0.3) is 21.8 Å². The van der Waals surface area contributed by atoms with E-state index in [2.05, 4.69) is 14.6 Å². The predicted molar refractivity (Wildman–Crippen MR) is 99.5 cm³/mol. The number of hydrogen-bond donors (Lipinski definition) is 0. The van der Waals surface area contributed by atoms with Gasteiger partial charge in [0.15, 0.2) is 0 Å². The minimum Gasteiger partial charge on any atom is -0.340 e. The number of nitrogens with zero attached hydrogens (tertiary/aromatic N) is 4. The Kier molecular flexibility index (Phi) is 4.31. The molecule has 0 aliphatic heterocycles. The van der Waals surface area contributed by atoms with Gasteiger partial charge in [0.1, 0.15) is 25.2 Å². The second-order valence-electron chi connectivity index (χ2n) is 6.31. The first-order chi connectivity index (χ1) is 12.8. The van der Waals surface area contributed by atoms with Gasteiger partial charge in [0.2, 0.25) is 0 Å². The zero-order valence-electron chi connectivity index (χ0n) is 14.2. The standard InChI is InChI=1S/C20H18N4O2/c25-11-15-3-5-19-17(9-15)18-10-16(12-26)4-6-20(18)24(19)8-2-1-7-23-14-21-13-22-23/h3-6,9-14H,1-2,7-8H2. The fourth-order valence-electron chi connectivity index (χ4n) is 3.42. The van der Waals surface area contributed by atoms with E-state index in [4.69, 9.17) is 0 Å². The SMILES string of the molecule is O=Cc1ccc2c(c1)c1cc(C=O)ccc1n2CCCCn1cncn1. The van der Waals surface area contributed by atoms with E-state index >= 15 is 0 Å². The summed E-state index contributed by atoms with van der Waals surface area (Å²) in [5.74, 6) is 0. The van der Waals surface area contributed by atoms with E-state index in [9.17, 15) is 9.59 Å². The molecule has 0 aliphatic rings. The first-order valence-corrected chi connectivity index (χ1v) is 8.59. The van der Waals surface area contributed by atoms with Gasteiger partial charge in [-0.3, -0.25) is 14.3 Å². The highest BCUT2D eigenvalue weighted by Gasteiger charge is 2.12. The Morgan fingerprint density at radius 1 is 0.846 bits per heavy atom. The number of aryl methyl sites for hydroxylation is 2. The predicted octanol–water partition coefficient (Wildman–Crippen LogP) is 3.49. The molecule has 2 aromatic carbocycles. The van der Waals surface area contributed by atoms with Crippen molar-refractivity contribution in [1.82, 2.24) is 19.3 Å². The monoisotopic (exact) mass is 346 g/mol. The first kappa shape index (κ1) is 16.2. The summed E-state index contributed by atoms with van der Waals surface area (Å²) >= 11 is 0. The van der Waals surface area contributed by atoms with Crippen LogP contribution in [0.15, 0.2) is 49.1 Å². The van der Waals surface area contributed by atoms with Crippen molar-refractivity contribution in [1.29, 1.82) is 0 Å². The lowest BCUT2D eigenvalue weighted by atomic mass is 10.1. The summed E-state index contributed by atoms with van der Waals surface area (Å²) in [6, 6.07) is 11.4. The third-order valence-corrected chi connectivity index (χ3v) is 4.67. The van der Waals surface area contributed by atoms with Crippen LogP contribution in [0.5, 0.6) is 0 Å². The molecular formula is C20H18N4O2. The van der Waals surface area contributed by atoms with Gasteiger partial charge >= 0.3 is 0 Å². The van der Waals surface area contributed by atoms with E-state index in [1.165, 1.54) is 0 Å². The summed E-state index contributed by atoms with van der Waals surface area (Å²) in [4.78, 5) is 26.3. The molecule has 6 heteroatoms. The van der Waals surface area contributed by atoms with Gasteiger partial charge in [0, 0.05) is 46.0 Å². The van der Waals surface area contributed by atoms with Gasteiger partial charge in [-0.15, -0.1) is 0 Å². The van der Waals surface area contributed by atoms with Crippen molar-refractivity contribution in [3.8, 4) is 0 Å². The number of aromatic nitrogens is 4. The van der Waals surface area contributed by atoms with E-state index in [1.807, 2.05) is 41.1 Å². The third kappa shape index (κ3) is 2.90. The van der Waals surface area contributed by atoms with Crippen molar-refractivity contribution in [3.05, 3.63) is 60.2 Å². The summed E-state index contributed by atoms with van der Waals surface area (Å²) in [5, 5.41) is 6.13. The molecule has 26 heavy (non-hydrogen) atoms. The third-order valence-electron chi connectivity index (χ3n) is 4.67. The Labute approximate surface area is 150 Å². The number of hydrogen-bond acceptors (Lipinski definition) is 4. The molecule has 0 saturated carbocycles. The largest absolute Gasteiger partial charge is 0.340 e. The van der Waals surface area contributed by atoms with Crippen LogP contribution in [-0.4, -0.2) is 31.9 Å². The summed E-state index contributed by atoms with van der Waals surface area (Å²) in [7, 11) is 0. The summed E-state index contributed by atoms with van der Waals surface area (Å²) in [6.45, 7) is 1.69. The Hall–Kier alpha value is -3.28. The van der Waals surface area contributed by atoms with Crippen LogP contribution in [0.2, 0.25) is 0 Å². The topological polar surface area (TPSA) is 69.8 Å². The number of unbranched alkanes of at least 4 members (excludes halogenated alkanes) is 1. The van der Waals surface area contributed by atoms with Gasteiger partial charge in [-0.1, -0.05) is 0 Å². The maximum atomic E-state index is 11.2. The van der Waals surface area contributed by atoms with Gasteiger partial charge in [-0.05, 0) is 49.2 Å². The van der Waals surface area contributed by atoms with Crippen molar-refractivity contribution in [3.63, 3.8) is 0 Å². The minimum atomic E-state index is 0.638. The van der Waals surface area contributed by atoms with Crippen LogP contribution in [0, 0.1) is 0 Å². The summed E-state index contributed by atoms with van der Waals surface area (Å²) < 4.78 is 4.09. The Bertz CT molecular complexity index is 1020. The molecule has 2 aromatic heterocycles.